The van der Waals surface area contributed by atoms with Gasteiger partial charge < -0.3 is 10.6 Å². The molecule has 6 nitrogen and oxygen atoms in total. The second-order valence-electron chi connectivity index (χ2n) is 7.24. The number of carbonyl (C=O) groups is 3. The van der Waals surface area contributed by atoms with E-state index in [2.05, 4.69) is 0 Å². The van der Waals surface area contributed by atoms with Crippen LogP contribution in [0.15, 0.2) is 40.8 Å². The summed E-state index contributed by atoms with van der Waals surface area (Å²) < 4.78 is 0. The molecule has 142 valence electrons. The Bertz CT molecular complexity index is 808. The summed E-state index contributed by atoms with van der Waals surface area (Å²) in [5.74, 6) is -1.01. The van der Waals surface area contributed by atoms with Crippen LogP contribution in [0.25, 0.3) is 0 Å². The van der Waals surface area contributed by atoms with Crippen molar-refractivity contribution in [1.82, 2.24) is 9.80 Å². The molecule has 1 aromatic carbocycles. The summed E-state index contributed by atoms with van der Waals surface area (Å²) >= 11 is 1.58. The van der Waals surface area contributed by atoms with Crippen LogP contribution < -0.4 is 5.73 Å². The number of imide groups is 1. The van der Waals surface area contributed by atoms with E-state index < -0.39 is 11.9 Å². The first-order chi connectivity index (χ1) is 13.1. The minimum absolute atomic E-state index is 0.124. The Kier molecular flexibility index (Phi) is 4.95. The number of rotatable bonds is 5. The van der Waals surface area contributed by atoms with Gasteiger partial charge in [0.25, 0.3) is 0 Å². The number of hydrogen-bond acceptors (Lipinski definition) is 4. The molecular formula is C20H23N3O3S. The van der Waals surface area contributed by atoms with Gasteiger partial charge in [0, 0.05) is 6.54 Å². The quantitative estimate of drug-likeness (QED) is 0.844. The van der Waals surface area contributed by atoms with Gasteiger partial charge in [-0.3, -0.25) is 14.5 Å². The first-order valence-corrected chi connectivity index (χ1v) is 10.3. The first kappa shape index (κ1) is 18.1. The molecule has 1 aromatic rings. The van der Waals surface area contributed by atoms with Gasteiger partial charge in [0.2, 0.25) is 11.8 Å². The van der Waals surface area contributed by atoms with Crippen LogP contribution in [-0.4, -0.2) is 46.1 Å². The summed E-state index contributed by atoms with van der Waals surface area (Å²) in [6.07, 6.45) is 4.65. The van der Waals surface area contributed by atoms with Crippen LogP contribution >= 0.6 is 11.8 Å². The van der Waals surface area contributed by atoms with Crippen LogP contribution in [0.3, 0.4) is 0 Å². The Morgan fingerprint density at radius 1 is 1.15 bits per heavy atom. The molecule has 2 atom stereocenters. The van der Waals surface area contributed by atoms with Gasteiger partial charge in [0.15, 0.2) is 0 Å². The molecule has 0 bridgehead atoms. The Morgan fingerprint density at radius 3 is 2.63 bits per heavy atom. The Labute approximate surface area is 162 Å². The zero-order valence-electron chi connectivity index (χ0n) is 15.1. The van der Waals surface area contributed by atoms with E-state index in [1.54, 1.807) is 11.8 Å². The molecule has 1 aliphatic carbocycles. The molecule has 0 radical (unpaired) electrons. The Balaban J connectivity index is 1.61. The lowest BCUT2D eigenvalue weighted by Gasteiger charge is -2.41. The van der Waals surface area contributed by atoms with Crippen LogP contribution in [0, 0.1) is 5.92 Å². The highest BCUT2D eigenvalue weighted by Crippen LogP contribution is 2.52. The number of thioether (sulfide) groups is 1. The van der Waals surface area contributed by atoms with Crippen molar-refractivity contribution < 1.29 is 14.4 Å². The van der Waals surface area contributed by atoms with Gasteiger partial charge in [-0.05, 0) is 48.1 Å². The van der Waals surface area contributed by atoms with E-state index in [1.165, 1.54) is 20.3 Å². The number of amides is 4. The predicted molar refractivity (Wildman–Crippen MR) is 104 cm³/mol. The van der Waals surface area contributed by atoms with Crippen molar-refractivity contribution in [2.75, 3.05) is 13.1 Å². The maximum Gasteiger partial charge on any atom is 0.328 e. The van der Waals surface area contributed by atoms with Crippen molar-refractivity contribution in [3.8, 4) is 0 Å². The Morgan fingerprint density at radius 2 is 1.89 bits per heavy atom. The average Bonchev–Trinajstić information content (AvgIpc) is 3.05. The topological polar surface area (TPSA) is 83.7 Å². The van der Waals surface area contributed by atoms with Gasteiger partial charge in [-0.1, -0.05) is 30.3 Å². The molecule has 7 heteroatoms. The number of carbonyl (C=O) groups excluding carboxylic acids is 3. The van der Waals surface area contributed by atoms with E-state index in [4.69, 9.17) is 5.73 Å². The molecule has 0 spiro atoms. The van der Waals surface area contributed by atoms with Gasteiger partial charge in [0.1, 0.15) is 6.54 Å². The van der Waals surface area contributed by atoms with Crippen LogP contribution in [-0.2, 0) is 16.0 Å². The lowest BCUT2D eigenvalue weighted by atomic mass is 9.86. The number of nitrogens with two attached hydrogens (primary N) is 1. The third kappa shape index (κ3) is 3.36. The first-order valence-electron chi connectivity index (χ1n) is 9.39. The largest absolute Gasteiger partial charge is 0.368 e. The standard InChI is InChI=1S/C20H23N3O3S/c21-16(24)12-23-19-17(14-8-4-5-9-15(14)27-19)18(25)22(20(23)26)11-10-13-6-2-1-3-7-13/h1-3,6-7,17,19H,4-5,8-12H2,(H2,21,24). The predicted octanol–water partition coefficient (Wildman–Crippen LogP) is 2.50. The minimum atomic E-state index is -0.551. The van der Waals surface area contributed by atoms with Crippen molar-refractivity contribution in [2.45, 2.75) is 37.5 Å². The van der Waals surface area contributed by atoms with Crippen LogP contribution in [0.2, 0.25) is 0 Å². The second-order valence-corrected chi connectivity index (χ2v) is 8.46. The number of hydrogen-bond donors (Lipinski definition) is 1. The maximum absolute atomic E-state index is 13.2. The zero-order chi connectivity index (χ0) is 19.0. The van der Waals surface area contributed by atoms with Crippen molar-refractivity contribution in [3.63, 3.8) is 0 Å². The van der Waals surface area contributed by atoms with Gasteiger partial charge in [-0.15, -0.1) is 11.8 Å². The normalized spacial score (nSPS) is 24.9. The maximum atomic E-state index is 13.2. The molecule has 27 heavy (non-hydrogen) atoms. The third-order valence-corrected chi connectivity index (χ3v) is 7.01. The summed E-state index contributed by atoms with van der Waals surface area (Å²) in [5, 5.41) is -0.325. The van der Waals surface area contributed by atoms with E-state index in [9.17, 15) is 14.4 Å². The highest BCUT2D eigenvalue weighted by atomic mass is 32.2. The summed E-state index contributed by atoms with van der Waals surface area (Å²) in [7, 11) is 0. The SMILES string of the molecule is NC(=O)CN1C(=O)N(CCc2ccccc2)C(=O)C2C3=C(CCCC3)SC21. The van der Waals surface area contributed by atoms with Crippen molar-refractivity contribution >= 4 is 29.6 Å². The summed E-state index contributed by atoms with van der Waals surface area (Å²) in [4.78, 5) is 41.9. The summed E-state index contributed by atoms with van der Waals surface area (Å²) in [6, 6.07) is 9.39. The monoisotopic (exact) mass is 385 g/mol. The third-order valence-electron chi connectivity index (χ3n) is 5.49. The number of primary amides is 1. The second kappa shape index (κ2) is 7.38. The number of nitrogens with zero attached hydrogens (tertiary/aromatic N) is 2. The van der Waals surface area contributed by atoms with Crippen LogP contribution in [0.1, 0.15) is 31.2 Å². The van der Waals surface area contributed by atoms with Crippen molar-refractivity contribution in [2.24, 2.45) is 11.7 Å². The van der Waals surface area contributed by atoms with E-state index in [1.807, 2.05) is 30.3 Å². The molecule has 4 amide bonds. The molecular weight excluding hydrogens is 362 g/mol. The number of allylic oxidation sites excluding steroid dienone is 1. The van der Waals surface area contributed by atoms with Crippen LogP contribution in [0.5, 0.6) is 0 Å². The fourth-order valence-corrected chi connectivity index (χ4v) is 5.85. The highest BCUT2D eigenvalue weighted by molar-refractivity contribution is 8.04. The average molecular weight is 385 g/mol. The molecule has 2 aliphatic heterocycles. The smallest absolute Gasteiger partial charge is 0.328 e. The van der Waals surface area contributed by atoms with Crippen molar-refractivity contribution in [1.29, 1.82) is 0 Å². The van der Waals surface area contributed by atoms with Crippen molar-refractivity contribution in [3.05, 3.63) is 46.4 Å². The lowest BCUT2D eigenvalue weighted by Crippen LogP contribution is -2.61. The van der Waals surface area contributed by atoms with Gasteiger partial charge in [-0.25, -0.2) is 4.79 Å². The Hall–Kier alpha value is -2.28. The summed E-state index contributed by atoms with van der Waals surface area (Å²) in [6.45, 7) is 0.163. The van der Waals surface area contributed by atoms with Gasteiger partial charge in [0.05, 0.1) is 11.3 Å². The number of fused-ring (bicyclic) bond motifs is 2. The number of urea groups is 1. The van der Waals surface area contributed by atoms with E-state index in [0.29, 0.717) is 13.0 Å². The fourth-order valence-electron chi connectivity index (χ4n) is 4.21. The molecule has 3 aliphatic rings. The molecule has 2 heterocycles. The van der Waals surface area contributed by atoms with Gasteiger partial charge in [-0.2, -0.15) is 0 Å². The molecule has 0 saturated carbocycles. The fraction of sp³-hybridized carbons (Fsp3) is 0.450. The molecule has 1 fully saturated rings. The van der Waals surface area contributed by atoms with E-state index >= 15 is 0 Å². The van der Waals surface area contributed by atoms with E-state index in [0.717, 1.165) is 31.2 Å². The number of benzene rings is 1. The molecule has 1 saturated heterocycles. The summed E-state index contributed by atoms with van der Waals surface area (Å²) in [5.41, 5.74) is 7.64. The molecule has 0 aromatic heterocycles. The lowest BCUT2D eigenvalue weighted by molar-refractivity contribution is -0.136. The molecule has 4 rings (SSSR count). The minimum Gasteiger partial charge on any atom is -0.368 e. The highest BCUT2D eigenvalue weighted by Gasteiger charge is 2.52. The zero-order valence-corrected chi connectivity index (χ0v) is 15.9. The molecule has 2 N–H and O–H groups in total. The van der Waals surface area contributed by atoms with Gasteiger partial charge >= 0.3 is 6.03 Å². The molecule has 2 unspecified atom stereocenters. The van der Waals surface area contributed by atoms with E-state index in [-0.39, 0.29) is 23.7 Å². The van der Waals surface area contributed by atoms with Crippen LogP contribution in [0.4, 0.5) is 4.79 Å².